The van der Waals surface area contributed by atoms with Crippen LogP contribution in [-0.2, 0) is 29.3 Å². The minimum Gasteiger partial charge on any atom is -0.385 e. The Kier molecular flexibility index (Phi) is 7.45. The number of halogens is 6. The SMILES string of the molecule is CN(C)CC1CC(OCc2ccccc2)CCC1(O)c1cc(C(F)(F)F)cc(C(F)(F)F)c1. The zero-order chi connectivity index (χ0) is 24.4. The van der Waals surface area contributed by atoms with E-state index in [1.807, 2.05) is 30.3 Å². The molecular weight excluding hydrogens is 448 g/mol. The Labute approximate surface area is 189 Å². The van der Waals surface area contributed by atoms with Crippen molar-refractivity contribution in [3.05, 3.63) is 70.8 Å². The average molecular weight is 475 g/mol. The third kappa shape index (κ3) is 6.28. The van der Waals surface area contributed by atoms with Gasteiger partial charge < -0.3 is 14.7 Å². The number of rotatable bonds is 6. The first-order valence-corrected chi connectivity index (χ1v) is 10.6. The Bertz CT molecular complexity index is 897. The Morgan fingerprint density at radius 1 is 0.970 bits per heavy atom. The van der Waals surface area contributed by atoms with E-state index in [9.17, 15) is 31.4 Å². The van der Waals surface area contributed by atoms with Crippen LogP contribution in [0.4, 0.5) is 26.3 Å². The molecule has 1 N–H and O–H groups in total. The van der Waals surface area contributed by atoms with E-state index in [-0.39, 0.29) is 30.7 Å². The van der Waals surface area contributed by atoms with Gasteiger partial charge in [-0.05, 0) is 62.7 Å². The van der Waals surface area contributed by atoms with Crippen molar-refractivity contribution in [2.45, 2.75) is 49.9 Å². The van der Waals surface area contributed by atoms with Crippen molar-refractivity contribution in [3.8, 4) is 0 Å². The smallest absolute Gasteiger partial charge is 0.385 e. The van der Waals surface area contributed by atoms with Crippen molar-refractivity contribution < 1.29 is 36.2 Å². The van der Waals surface area contributed by atoms with Gasteiger partial charge in [0.25, 0.3) is 0 Å². The summed E-state index contributed by atoms with van der Waals surface area (Å²) in [5.74, 6) is -0.619. The molecule has 3 rings (SSSR count). The summed E-state index contributed by atoms with van der Waals surface area (Å²) in [4.78, 5) is 1.76. The summed E-state index contributed by atoms with van der Waals surface area (Å²) in [6.45, 7) is 0.611. The number of ether oxygens (including phenoxy) is 1. The third-order valence-corrected chi connectivity index (χ3v) is 6.07. The van der Waals surface area contributed by atoms with Crippen LogP contribution in [0.5, 0.6) is 0 Å². The van der Waals surface area contributed by atoms with Gasteiger partial charge in [-0.15, -0.1) is 0 Å². The van der Waals surface area contributed by atoms with Crippen molar-refractivity contribution in [2.75, 3.05) is 20.6 Å². The van der Waals surface area contributed by atoms with Crippen LogP contribution in [0, 0.1) is 5.92 Å². The topological polar surface area (TPSA) is 32.7 Å². The Morgan fingerprint density at radius 3 is 2.06 bits per heavy atom. The van der Waals surface area contributed by atoms with Crippen LogP contribution in [0.2, 0.25) is 0 Å². The molecule has 0 spiro atoms. The predicted molar refractivity (Wildman–Crippen MR) is 111 cm³/mol. The molecule has 2 aromatic carbocycles. The van der Waals surface area contributed by atoms with Gasteiger partial charge >= 0.3 is 12.4 Å². The fourth-order valence-corrected chi connectivity index (χ4v) is 4.41. The van der Waals surface area contributed by atoms with Crippen LogP contribution in [0.15, 0.2) is 48.5 Å². The Morgan fingerprint density at radius 2 is 1.55 bits per heavy atom. The molecular formula is C24H27F6NO2. The standard InChI is InChI=1S/C24H27F6NO2/c1-31(2)14-20-13-21(33-15-16-6-4-3-5-7-16)8-9-22(20,32)17-10-18(23(25,26)27)12-19(11-17)24(28,29)30/h3-7,10-12,20-21,32H,8-9,13-15H2,1-2H3. The minimum absolute atomic E-state index is 0.0103. The molecule has 33 heavy (non-hydrogen) atoms. The second-order valence-electron chi connectivity index (χ2n) is 8.87. The van der Waals surface area contributed by atoms with Gasteiger partial charge in [-0.1, -0.05) is 30.3 Å². The molecule has 9 heteroatoms. The number of alkyl halides is 6. The molecule has 3 atom stereocenters. The van der Waals surface area contributed by atoms with Gasteiger partial charge in [-0.3, -0.25) is 0 Å². The lowest BCUT2D eigenvalue weighted by molar-refractivity contribution is -0.144. The van der Waals surface area contributed by atoms with Crippen molar-refractivity contribution in [1.29, 1.82) is 0 Å². The maximum absolute atomic E-state index is 13.4. The largest absolute Gasteiger partial charge is 0.416 e. The molecule has 0 aliphatic heterocycles. The second-order valence-corrected chi connectivity index (χ2v) is 8.87. The monoisotopic (exact) mass is 475 g/mol. The van der Waals surface area contributed by atoms with Crippen LogP contribution >= 0.6 is 0 Å². The zero-order valence-corrected chi connectivity index (χ0v) is 18.4. The molecule has 3 nitrogen and oxygen atoms in total. The van der Waals surface area contributed by atoms with E-state index in [0.29, 0.717) is 31.6 Å². The number of benzene rings is 2. The van der Waals surface area contributed by atoms with E-state index in [1.165, 1.54) is 0 Å². The highest BCUT2D eigenvalue weighted by Gasteiger charge is 2.46. The van der Waals surface area contributed by atoms with Gasteiger partial charge in [-0.25, -0.2) is 0 Å². The maximum atomic E-state index is 13.4. The second kappa shape index (κ2) is 9.64. The van der Waals surface area contributed by atoms with E-state index < -0.39 is 35.0 Å². The highest BCUT2D eigenvalue weighted by atomic mass is 19.4. The van der Waals surface area contributed by atoms with Crippen LogP contribution in [0.1, 0.15) is 41.5 Å². The highest BCUT2D eigenvalue weighted by Crippen LogP contribution is 2.46. The van der Waals surface area contributed by atoms with E-state index >= 15 is 0 Å². The molecule has 0 heterocycles. The predicted octanol–water partition coefficient (Wildman–Crippen LogP) is 5.86. The van der Waals surface area contributed by atoms with Crippen molar-refractivity contribution in [1.82, 2.24) is 4.90 Å². The molecule has 0 radical (unpaired) electrons. The Balaban J connectivity index is 1.92. The highest BCUT2D eigenvalue weighted by molar-refractivity contribution is 5.37. The molecule has 1 aliphatic rings. The number of aliphatic hydroxyl groups is 1. The quantitative estimate of drug-likeness (QED) is 0.532. The summed E-state index contributed by atoms with van der Waals surface area (Å²) in [7, 11) is 3.48. The molecule has 0 saturated heterocycles. The van der Waals surface area contributed by atoms with E-state index in [2.05, 4.69) is 0 Å². The van der Waals surface area contributed by atoms with E-state index in [0.717, 1.165) is 5.56 Å². The van der Waals surface area contributed by atoms with Gasteiger partial charge in [-0.2, -0.15) is 26.3 Å². The summed E-state index contributed by atoms with van der Waals surface area (Å²) in [6, 6.07) is 10.8. The molecule has 1 aliphatic carbocycles. The molecule has 1 saturated carbocycles. The lowest BCUT2D eigenvalue weighted by atomic mass is 9.69. The van der Waals surface area contributed by atoms with Crippen LogP contribution in [0.25, 0.3) is 0 Å². The van der Waals surface area contributed by atoms with Crippen LogP contribution in [0.3, 0.4) is 0 Å². The molecule has 3 unspecified atom stereocenters. The molecule has 2 aromatic rings. The average Bonchev–Trinajstić information content (AvgIpc) is 2.73. The van der Waals surface area contributed by atoms with Gasteiger partial charge in [0.1, 0.15) is 0 Å². The normalized spacial score (nSPS) is 24.3. The van der Waals surface area contributed by atoms with Crippen molar-refractivity contribution >= 4 is 0 Å². The molecule has 1 fully saturated rings. The van der Waals surface area contributed by atoms with Crippen molar-refractivity contribution in [2.24, 2.45) is 5.92 Å². The summed E-state index contributed by atoms with van der Waals surface area (Å²) < 4.78 is 86.3. The fraction of sp³-hybridized carbons (Fsp3) is 0.500. The minimum atomic E-state index is -4.97. The van der Waals surface area contributed by atoms with Gasteiger partial charge in [0.2, 0.25) is 0 Å². The number of hydrogen-bond donors (Lipinski definition) is 1. The first-order valence-electron chi connectivity index (χ1n) is 10.6. The zero-order valence-electron chi connectivity index (χ0n) is 18.4. The summed E-state index contributed by atoms with van der Waals surface area (Å²) in [5.41, 5.74) is -4.11. The van der Waals surface area contributed by atoms with Crippen molar-refractivity contribution in [3.63, 3.8) is 0 Å². The summed E-state index contributed by atoms with van der Waals surface area (Å²) in [5, 5.41) is 11.5. The van der Waals surface area contributed by atoms with Gasteiger partial charge in [0, 0.05) is 12.5 Å². The molecule has 0 aromatic heterocycles. The van der Waals surface area contributed by atoms with Crippen LogP contribution < -0.4 is 0 Å². The molecule has 0 amide bonds. The summed E-state index contributed by atoms with van der Waals surface area (Å²) in [6.07, 6.45) is -9.62. The molecule has 0 bridgehead atoms. The summed E-state index contributed by atoms with van der Waals surface area (Å²) >= 11 is 0. The van der Waals surface area contributed by atoms with Crippen LogP contribution in [-0.4, -0.2) is 36.8 Å². The first kappa shape index (κ1) is 25.5. The van der Waals surface area contributed by atoms with E-state index in [1.54, 1.807) is 19.0 Å². The molecule has 182 valence electrons. The lowest BCUT2D eigenvalue weighted by Crippen LogP contribution is -2.47. The third-order valence-electron chi connectivity index (χ3n) is 6.07. The van der Waals surface area contributed by atoms with Gasteiger partial charge in [0.05, 0.1) is 29.4 Å². The number of nitrogens with zero attached hydrogens (tertiary/aromatic N) is 1. The lowest BCUT2D eigenvalue weighted by Gasteiger charge is -2.44. The maximum Gasteiger partial charge on any atom is 0.416 e. The fourth-order valence-electron chi connectivity index (χ4n) is 4.41. The number of hydrogen-bond acceptors (Lipinski definition) is 3. The Hall–Kier alpha value is -2.10. The van der Waals surface area contributed by atoms with Gasteiger partial charge in [0.15, 0.2) is 0 Å². The first-order chi connectivity index (χ1) is 15.3. The van der Waals surface area contributed by atoms with E-state index in [4.69, 9.17) is 4.74 Å².